The predicted octanol–water partition coefficient (Wildman–Crippen LogP) is 4.82. The van der Waals surface area contributed by atoms with Crippen LogP contribution in [0.4, 0.5) is 33.3 Å². The molecule has 0 spiro atoms. The van der Waals surface area contributed by atoms with Gasteiger partial charge in [0.1, 0.15) is 0 Å². The molecule has 1 amide bonds. The highest BCUT2D eigenvalue weighted by molar-refractivity contribution is 7.92. The van der Waals surface area contributed by atoms with Gasteiger partial charge < -0.3 is 5.32 Å². The lowest BCUT2D eigenvalue weighted by Crippen LogP contribution is -2.31. The first-order valence-electron chi connectivity index (χ1n) is 8.38. The maximum Gasteiger partial charge on any atom is 0.416 e. The monoisotopic (exact) mass is 470 g/mol. The summed E-state index contributed by atoms with van der Waals surface area (Å²) in [6.45, 7) is -0.242. The third kappa shape index (κ3) is 6.30. The fourth-order valence-corrected chi connectivity index (χ4v) is 3.64. The maximum atomic E-state index is 13.4. The fraction of sp³-hybridized carbons (Fsp3) is 0.278. The van der Waals surface area contributed by atoms with Crippen LogP contribution in [0.5, 0.6) is 0 Å². The number of sulfonamides is 1. The standard InChI is InChI=1S/C18H16ClF5N2O3S/c1-30(28,29)26(12-5-7-14(20)15(21)10-12)8-2-3-17(27)25-16-9-11(18(22,23)24)4-6-13(16)19/h4-7,9-10H,2-3,8H2,1H3,(H,25,27). The Hall–Kier alpha value is -2.40. The molecule has 12 heteroatoms. The number of nitrogens with zero attached hydrogens (tertiary/aromatic N) is 1. The van der Waals surface area contributed by atoms with E-state index in [-0.39, 0.29) is 35.8 Å². The van der Waals surface area contributed by atoms with Gasteiger partial charge in [-0.3, -0.25) is 9.10 Å². The van der Waals surface area contributed by atoms with Gasteiger partial charge in [-0.15, -0.1) is 0 Å². The largest absolute Gasteiger partial charge is 0.416 e. The molecule has 0 aliphatic carbocycles. The molecule has 164 valence electrons. The van der Waals surface area contributed by atoms with Crippen molar-refractivity contribution in [3.05, 3.63) is 58.6 Å². The molecule has 2 rings (SSSR count). The van der Waals surface area contributed by atoms with Gasteiger partial charge in [0.2, 0.25) is 15.9 Å². The highest BCUT2D eigenvalue weighted by Gasteiger charge is 2.31. The van der Waals surface area contributed by atoms with Gasteiger partial charge in [-0.05, 0) is 36.8 Å². The molecule has 5 nitrogen and oxygen atoms in total. The molecule has 0 aromatic heterocycles. The van der Waals surface area contributed by atoms with Crippen LogP contribution in [0.3, 0.4) is 0 Å². The van der Waals surface area contributed by atoms with E-state index < -0.39 is 39.3 Å². The van der Waals surface area contributed by atoms with Gasteiger partial charge >= 0.3 is 6.18 Å². The molecule has 0 atom stereocenters. The Kier molecular flexibility index (Phi) is 7.30. The van der Waals surface area contributed by atoms with Gasteiger partial charge in [-0.2, -0.15) is 13.2 Å². The van der Waals surface area contributed by atoms with Crippen molar-refractivity contribution in [1.82, 2.24) is 0 Å². The van der Waals surface area contributed by atoms with Gasteiger partial charge in [-0.1, -0.05) is 11.6 Å². The van der Waals surface area contributed by atoms with E-state index in [4.69, 9.17) is 11.6 Å². The fourth-order valence-electron chi connectivity index (χ4n) is 2.52. The molecule has 0 aliphatic rings. The number of halogens is 6. The molecule has 1 N–H and O–H groups in total. The van der Waals surface area contributed by atoms with Crippen LogP contribution in [-0.4, -0.2) is 27.1 Å². The molecule has 0 saturated heterocycles. The number of hydrogen-bond donors (Lipinski definition) is 1. The summed E-state index contributed by atoms with van der Waals surface area (Å²) in [6.07, 6.45) is -4.07. The van der Waals surface area contributed by atoms with Gasteiger partial charge in [0, 0.05) is 19.0 Å². The molecule has 0 aliphatic heterocycles. The molecule has 0 radical (unpaired) electrons. The van der Waals surface area contributed by atoms with E-state index in [2.05, 4.69) is 5.32 Å². The second-order valence-electron chi connectivity index (χ2n) is 6.28. The number of amides is 1. The summed E-state index contributed by atoms with van der Waals surface area (Å²) in [5, 5.41) is 2.14. The quantitative estimate of drug-likeness (QED) is 0.590. The van der Waals surface area contributed by atoms with Crippen LogP contribution < -0.4 is 9.62 Å². The Balaban J connectivity index is 2.05. The Morgan fingerprint density at radius 1 is 1.10 bits per heavy atom. The number of alkyl halides is 3. The van der Waals surface area contributed by atoms with Crippen LogP contribution in [0.1, 0.15) is 18.4 Å². The summed E-state index contributed by atoms with van der Waals surface area (Å²) in [6, 6.07) is 4.99. The molecular weight excluding hydrogens is 455 g/mol. The number of hydrogen-bond acceptors (Lipinski definition) is 3. The molecule has 2 aromatic carbocycles. The van der Waals surface area contributed by atoms with Crippen molar-refractivity contribution in [2.24, 2.45) is 0 Å². The highest BCUT2D eigenvalue weighted by atomic mass is 35.5. The predicted molar refractivity (Wildman–Crippen MR) is 103 cm³/mol. The average Bonchev–Trinajstić information content (AvgIpc) is 2.61. The normalized spacial score (nSPS) is 12.0. The number of benzene rings is 2. The number of anilines is 2. The lowest BCUT2D eigenvalue weighted by molar-refractivity contribution is -0.137. The zero-order valence-electron chi connectivity index (χ0n) is 15.4. The van der Waals surface area contributed by atoms with Crippen LogP contribution in [0, 0.1) is 11.6 Å². The molecule has 0 bridgehead atoms. The van der Waals surface area contributed by atoms with Crippen molar-refractivity contribution in [3.8, 4) is 0 Å². The molecule has 0 heterocycles. The summed E-state index contributed by atoms with van der Waals surface area (Å²) in [4.78, 5) is 12.1. The Morgan fingerprint density at radius 2 is 1.77 bits per heavy atom. The van der Waals surface area contributed by atoms with E-state index in [1.807, 2.05) is 0 Å². The number of carbonyl (C=O) groups is 1. The molecule has 0 fully saturated rings. The minimum atomic E-state index is -4.62. The van der Waals surface area contributed by atoms with Gasteiger partial charge in [-0.25, -0.2) is 17.2 Å². The smallest absolute Gasteiger partial charge is 0.325 e. The first-order chi connectivity index (χ1) is 13.8. The lowest BCUT2D eigenvalue weighted by Gasteiger charge is -2.22. The maximum absolute atomic E-state index is 13.4. The third-order valence-corrected chi connectivity index (χ3v) is 5.45. The number of rotatable bonds is 7. The van der Waals surface area contributed by atoms with Crippen molar-refractivity contribution in [1.29, 1.82) is 0 Å². The topological polar surface area (TPSA) is 66.5 Å². The van der Waals surface area contributed by atoms with E-state index in [1.165, 1.54) is 0 Å². The van der Waals surface area contributed by atoms with Crippen molar-refractivity contribution in [3.63, 3.8) is 0 Å². The lowest BCUT2D eigenvalue weighted by atomic mass is 10.2. The SMILES string of the molecule is CS(=O)(=O)N(CCCC(=O)Nc1cc(C(F)(F)F)ccc1Cl)c1ccc(F)c(F)c1. The first-order valence-corrected chi connectivity index (χ1v) is 10.6. The van der Waals surface area contributed by atoms with Crippen LogP contribution >= 0.6 is 11.6 Å². The number of carbonyl (C=O) groups excluding carboxylic acids is 1. The van der Waals surface area contributed by atoms with Gasteiger partial charge in [0.05, 0.1) is 28.2 Å². The van der Waals surface area contributed by atoms with Gasteiger partial charge in [0.25, 0.3) is 0 Å². The molecule has 30 heavy (non-hydrogen) atoms. The zero-order chi connectivity index (χ0) is 22.7. The Morgan fingerprint density at radius 3 is 2.33 bits per heavy atom. The third-order valence-electron chi connectivity index (χ3n) is 3.92. The molecule has 2 aromatic rings. The van der Waals surface area contributed by atoms with Crippen molar-refractivity contribution < 1.29 is 35.2 Å². The van der Waals surface area contributed by atoms with Crippen molar-refractivity contribution in [2.75, 3.05) is 22.4 Å². The summed E-state index contributed by atoms with van der Waals surface area (Å²) >= 11 is 5.81. The molecule has 0 saturated carbocycles. The van der Waals surface area contributed by atoms with E-state index in [1.54, 1.807) is 0 Å². The summed E-state index contributed by atoms with van der Waals surface area (Å²) < 4.78 is 89.6. The second kappa shape index (κ2) is 9.17. The average molecular weight is 471 g/mol. The van der Waals surface area contributed by atoms with E-state index in [0.29, 0.717) is 12.1 Å². The summed E-state index contributed by atoms with van der Waals surface area (Å²) in [5.41, 5.74) is -1.36. The van der Waals surface area contributed by atoms with E-state index >= 15 is 0 Å². The zero-order valence-corrected chi connectivity index (χ0v) is 17.0. The molecule has 0 unspecified atom stereocenters. The van der Waals surface area contributed by atoms with Crippen molar-refractivity contribution >= 4 is 38.9 Å². The van der Waals surface area contributed by atoms with E-state index in [9.17, 15) is 35.2 Å². The Bertz CT molecular complexity index is 1040. The highest BCUT2D eigenvalue weighted by Crippen LogP contribution is 2.34. The van der Waals surface area contributed by atoms with Gasteiger partial charge in [0.15, 0.2) is 11.6 Å². The number of nitrogens with one attached hydrogen (secondary N) is 1. The molecular formula is C18H16ClF5N2O3S. The van der Waals surface area contributed by atoms with Crippen LogP contribution in [0.25, 0.3) is 0 Å². The van der Waals surface area contributed by atoms with Crippen LogP contribution in [-0.2, 0) is 21.0 Å². The van der Waals surface area contributed by atoms with Crippen LogP contribution in [0.15, 0.2) is 36.4 Å². The van der Waals surface area contributed by atoms with E-state index in [0.717, 1.165) is 34.8 Å². The van der Waals surface area contributed by atoms with Crippen molar-refractivity contribution in [2.45, 2.75) is 19.0 Å². The summed E-state index contributed by atoms with van der Waals surface area (Å²) in [7, 11) is -3.87. The summed E-state index contributed by atoms with van der Waals surface area (Å²) in [5.74, 6) is -3.09. The Labute approximate surface area is 174 Å². The first kappa shape index (κ1) is 23.9. The minimum Gasteiger partial charge on any atom is -0.325 e. The van der Waals surface area contributed by atoms with Crippen LogP contribution in [0.2, 0.25) is 5.02 Å². The minimum absolute atomic E-state index is 0.0471. The second-order valence-corrected chi connectivity index (χ2v) is 8.59.